The van der Waals surface area contributed by atoms with E-state index < -0.39 is 0 Å². The summed E-state index contributed by atoms with van der Waals surface area (Å²) < 4.78 is 14.7. The first-order chi connectivity index (χ1) is 20.2. The number of allylic oxidation sites excluding steroid dienone is 11. The SMILES string of the molecule is CC/C=C/C=C(C#N)\C=C(/C)CCC.C\C=C(C(/C(C)=N/C=C/CC)=C(/C)N1CCNC2(CC2)C1)\c1ccccc1F. The average molecular weight is 571 g/mol. The highest BCUT2D eigenvalue weighted by molar-refractivity contribution is 6.12. The fourth-order valence-electron chi connectivity index (χ4n) is 5.14. The second kappa shape index (κ2) is 18.1. The first kappa shape index (κ1) is 34.7. The van der Waals surface area contributed by atoms with E-state index in [1.54, 1.807) is 6.07 Å². The molecule has 1 N–H and O–H groups in total. The number of aliphatic imine (C=N–C) groups is 1. The van der Waals surface area contributed by atoms with Gasteiger partial charge in [-0.25, -0.2) is 4.39 Å². The van der Waals surface area contributed by atoms with Crippen molar-refractivity contribution in [3.8, 4) is 6.07 Å². The molecule has 0 atom stereocenters. The molecule has 42 heavy (non-hydrogen) atoms. The van der Waals surface area contributed by atoms with E-state index in [1.807, 2.05) is 68.6 Å². The predicted molar refractivity (Wildman–Crippen MR) is 179 cm³/mol. The molecule has 1 spiro atoms. The maximum atomic E-state index is 14.7. The lowest BCUT2D eigenvalue weighted by Gasteiger charge is -2.37. The number of hydrogen-bond donors (Lipinski definition) is 1. The second-order valence-electron chi connectivity index (χ2n) is 11.1. The summed E-state index contributed by atoms with van der Waals surface area (Å²) in [7, 11) is 0. The summed E-state index contributed by atoms with van der Waals surface area (Å²) in [6.07, 6.45) is 20.3. The Morgan fingerprint density at radius 2 is 1.83 bits per heavy atom. The largest absolute Gasteiger partial charge is 0.371 e. The van der Waals surface area contributed by atoms with Gasteiger partial charge in [0.05, 0.1) is 11.6 Å². The molecular formula is C37H51FN4. The molecule has 0 radical (unpaired) electrons. The number of rotatable bonds is 11. The number of halogens is 1. The highest BCUT2D eigenvalue weighted by atomic mass is 19.1. The minimum absolute atomic E-state index is 0.197. The molecule has 5 heteroatoms. The van der Waals surface area contributed by atoms with E-state index >= 15 is 0 Å². The molecule has 1 aromatic rings. The van der Waals surface area contributed by atoms with Gasteiger partial charge < -0.3 is 10.2 Å². The zero-order chi connectivity index (χ0) is 31.0. The molecule has 2 aliphatic rings. The van der Waals surface area contributed by atoms with E-state index in [4.69, 9.17) is 5.26 Å². The summed E-state index contributed by atoms with van der Waals surface area (Å²) in [6.45, 7) is 17.5. The maximum Gasteiger partial charge on any atom is 0.131 e. The first-order valence-corrected chi connectivity index (χ1v) is 15.5. The number of benzene rings is 1. The van der Waals surface area contributed by atoms with Crippen molar-refractivity contribution in [2.45, 2.75) is 92.5 Å². The van der Waals surface area contributed by atoms with Crippen molar-refractivity contribution in [1.82, 2.24) is 10.2 Å². The smallest absolute Gasteiger partial charge is 0.131 e. The molecule has 0 bridgehead atoms. The van der Waals surface area contributed by atoms with Crippen molar-refractivity contribution in [2.75, 3.05) is 19.6 Å². The van der Waals surface area contributed by atoms with Crippen molar-refractivity contribution < 1.29 is 4.39 Å². The van der Waals surface area contributed by atoms with Crippen molar-refractivity contribution >= 4 is 11.3 Å². The van der Waals surface area contributed by atoms with Crippen LogP contribution < -0.4 is 5.32 Å². The topological polar surface area (TPSA) is 51.4 Å². The van der Waals surface area contributed by atoms with Crippen LogP contribution >= 0.6 is 0 Å². The number of nitriles is 1. The normalized spacial score (nSPS) is 18.2. The summed E-state index contributed by atoms with van der Waals surface area (Å²) in [6, 6.07) is 9.19. The average Bonchev–Trinajstić information content (AvgIpc) is 3.73. The molecule has 1 aliphatic heterocycles. The third kappa shape index (κ3) is 10.7. The molecule has 4 nitrogen and oxygen atoms in total. The zero-order valence-electron chi connectivity index (χ0n) is 26.9. The van der Waals surface area contributed by atoms with Crippen LogP contribution in [0.1, 0.15) is 92.6 Å². The highest BCUT2D eigenvalue weighted by Crippen LogP contribution is 2.39. The lowest BCUT2D eigenvalue weighted by molar-refractivity contribution is 0.234. The fraction of sp³-hybridized carbons (Fsp3) is 0.459. The zero-order valence-corrected chi connectivity index (χ0v) is 26.9. The van der Waals surface area contributed by atoms with E-state index in [1.165, 1.54) is 30.2 Å². The molecule has 1 saturated carbocycles. The number of hydrogen-bond acceptors (Lipinski definition) is 4. The van der Waals surface area contributed by atoms with Gasteiger partial charge >= 0.3 is 0 Å². The van der Waals surface area contributed by atoms with Crippen LogP contribution in [0.3, 0.4) is 0 Å². The molecule has 226 valence electrons. The van der Waals surface area contributed by atoms with Crippen LogP contribution in [-0.4, -0.2) is 35.8 Å². The standard InChI is InChI=1S/C24H32FN3.C13H19N/c1-5-7-14-26-18(3)23(20(6-2)21-10-8-9-11-22(21)25)19(4)28-16-15-27-24(17-28)12-13-24;1-4-6-7-9-13(11-14)10-12(3)8-5-2/h6-11,14,27H,5,12-13,15-17H2,1-4H3;6-7,9-10H,4-5,8H2,1-3H3/b14-7+,20-6-,23-19-,26-18+;7-6+,12-10+,13-9+. The van der Waals surface area contributed by atoms with Gasteiger partial charge in [-0.3, -0.25) is 4.99 Å². The van der Waals surface area contributed by atoms with Crippen molar-refractivity contribution in [3.63, 3.8) is 0 Å². The predicted octanol–water partition coefficient (Wildman–Crippen LogP) is 9.47. The Morgan fingerprint density at radius 1 is 1.12 bits per heavy atom. The summed E-state index contributed by atoms with van der Waals surface area (Å²) in [5, 5.41) is 12.5. The lowest BCUT2D eigenvalue weighted by Crippen LogP contribution is -2.51. The molecule has 2 fully saturated rings. The van der Waals surface area contributed by atoms with Crippen LogP contribution in [0, 0.1) is 17.1 Å². The van der Waals surface area contributed by atoms with Crippen molar-refractivity contribution in [2.24, 2.45) is 4.99 Å². The fourth-order valence-corrected chi connectivity index (χ4v) is 5.14. The first-order valence-electron chi connectivity index (χ1n) is 15.5. The molecule has 1 aliphatic carbocycles. The van der Waals surface area contributed by atoms with E-state index in [0.29, 0.717) is 5.56 Å². The quantitative estimate of drug-likeness (QED) is 0.164. The Labute approximate surface area is 254 Å². The maximum absolute atomic E-state index is 14.7. The third-order valence-electron chi connectivity index (χ3n) is 7.58. The van der Waals surface area contributed by atoms with Crippen LogP contribution in [0.25, 0.3) is 5.57 Å². The molecule has 0 unspecified atom stereocenters. The number of piperazine rings is 1. The lowest BCUT2D eigenvalue weighted by atomic mass is 9.92. The van der Waals surface area contributed by atoms with Gasteiger partial charge in [0.2, 0.25) is 0 Å². The van der Waals surface area contributed by atoms with Gasteiger partial charge in [-0.2, -0.15) is 5.26 Å². The molecule has 1 saturated heterocycles. The summed E-state index contributed by atoms with van der Waals surface area (Å²) in [5.41, 5.74) is 6.95. The van der Waals surface area contributed by atoms with Gasteiger partial charge in [0.15, 0.2) is 0 Å². The Balaban J connectivity index is 0.000000374. The van der Waals surface area contributed by atoms with Crippen LogP contribution in [-0.2, 0) is 0 Å². The van der Waals surface area contributed by atoms with Gasteiger partial charge in [0.1, 0.15) is 5.82 Å². The van der Waals surface area contributed by atoms with Crippen LogP contribution in [0.4, 0.5) is 4.39 Å². The molecule has 3 rings (SSSR count). The molecule has 0 amide bonds. The van der Waals surface area contributed by atoms with E-state index in [0.717, 1.165) is 67.7 Å². The summed E-state index contributed by atoms with van der Waals surface area (Å²) in [5.74, 6) is -0.197. The third-order valence-corrected chi connectivity index (χ3v) is 7.58. The van der Waals surface area contributed by atoms with Crippen molar-refractivity contribution in [3.05, 3.63) is 101 Å². The Kier molecular flexibility index (Phi) is 15.0. The minimum Gasteiger partial charge on any atom is -0.371 e. The van der Waals surface area contributed by atoms with Gasteiger partial charge in [0, 0.05) is 53.9 Å². The Hall–Kier alpha value is -3.49. The van der Waals surface area contributed by atoms with E-state index in [2.05, 4.69) is 55.9 Å². The van der Waals surface area contributed by atoms with Crippen LogP contribution in [0.15, 0.2) is 94.3 Å². The molecule has 0 aromatic heterocycles. The van der Waals surface area contributed by atoms with Gasteiger partial charge in [-0.15, -0.1) is 0 Å². The van der Waals surface area contributed by atoms with Crippen LogP contribution in [0.2, 0.25) is 0 Å². The highest BCUT2D eigenvalue weighted by Gasteiger charge is 2.45. The van der Waals surface area contributed by atoms with Gasteiger partial charge in [-0.1, -0.05) is 75.3 Å². The Morgan fingerprint density at radius 3 is 2.43 bits per heavy atom. The summed E-state index contributed by atoms with van der Waals surface area (Å²) in [4.78, 5) is 7.13. The van der Waals surface area contributed by atoms with Gasteiger partial charge in [-0.05, 0) is 83.6 Å². The Bertz CT molecular complexity index is 1280. The van der Waals surface area contributed by atoms with Crippen molar-refractivity contribution in [1.29, 1.82) is 5.26 Å². The van der Waals surface area contributed by atoms with E-state index in [9.17, 15) is 4.39 Å². The number of nitrogens with one attached hydrogen (secondary N) is 1. The van der Waals surface area contributed by atoms with Crippen LogP contribution in [0.5, 0.6) is 0 Å². The minimum atomic E-state index is -0.197. The molecule has 1 aromatic carbocycles. The summed E-state index contributed by atoms with van der Waals surface area (Å²) >= 11 is 0. The second-order valence-corrected chi connectivity index (χ2v) is 11.1. The van der Waals surface area contributed by atoms with E-state index in [-0.39, 0.29) is 11.4 Å². The van der Waals surface area contributed by atoms with Gasteiger partial charge in [0.25, 0.3) is 0 Å². The molecule has 1 heterocycles. The number of nitrogens with zero attached hydrogens (tertiary/aromatic N) is 3. The molecular weight excluding hydrogens is 519 g/mol. The monoisotopic (exact) mass is 570 g/mol.